The van der Waals surface area contributed by atoms with Crippen LogP contribution in [0.2, 0.25) is 0 Å². The van der Waals surface area contributed by atoms with Crippen molar-refractivity contribution in [3.05, 3.63) is 89.3 Å². The zero-order valence-corrected chi connectivity index (χ0v) is 17.9. The number of methoxy groups -OCH3 is 1. The molecule has 5 nitrogen and oxygen atoms in total. The summed E-state index contributed by atoms with van der Waals surface area (Å²) in [5, 5.41) is 2.51. The molecular weight excluding hydrogens is 384 g/mol. The molecule has 2 aromatic carbocycles. The van der Waals surface area contributed by atoms with Gasteiger partial charge in [0, 0.05) is 59.1 Å². The van der Waals surface area contributed by atoms with Crippen molar-refractivity contribution >= 4 is 21.8 Å². The van der Waals surface area contributed by atoms with E-state index in [0.717, 1.165) is 48.5 Å². The smallest absolute Gasteiger partial charge is 0.128 e. The standard InChI is InChI=1S/C26H26N4O/c1-17-12-20-13-18(6-9-24(20)29-17)14-21-10-11-27-26(30-21)5-3-4-19-16-28-25-15-22(31-2)7-8-23(19)25/h6-13,15-16,28-29H,3-5,14H2,1-2H3. The minimum atomic E-state index is 0.819. The van der Waals surface area contributed by atoms with Crippen LogP contribution in [0.3, 0.4) is 0 Å². The summed E-state index contributed by atoms with van der Waals surface area (Å²) in [7, 11) is 1.69. The summed E-state index contributed by atoms with van der Waals surface area (Å²) in [5.74, 6) is 1.79. The van der Waals surface area contributed by atoms with Crippen LogP contribution in [-0.4, -0.2) is 27.0 Å². The molecule has 3 heterocycles. The van der Waals surface area contributed by atoms with Crippen molar-refractivity contribution < 1.29 is 4.74 Å². The molecular formula is C26H26N4O. The first-order chi connectivity index (χ1) is 15.2. The zero-order valence-electron chi connectivity index (χ0n) is 17.9. The number of H-pyrrole nitrogens is 2. The summed E-state index contributed by atoms with van der Waals surface area (Å²) < 4.78 is 5.31. The molecule has 5 heteroatoms. The van der Waals surface area contributed by atoms with Crippen LogP contribution in [0, 0.1) is 6.92 Å². The van der Waals surface area contributed by atoms with Gasteiger partial charge >= 0.3 is 0 Å². The minimum Gasteiger partial charge on any atom is -0.497 e. The lowest BCUT2D eigenvalue weighted by Gasteiger charge is -2.05. The van der Waals surface area contributed by atoms with Crippen LogP contribution in [-0.2, 0) is 19.3 Å². The third-order valence-corrected chi connectivity index (χ3v) is 5.79. The van der Waals surface area contributed by atoms with Crippen molar-refractivity contribution in [2.75, 3.05) is 7.11 Å². The average molecular weight is 411 g/mol. The molecule has 0 aliphatic carbocycles. The van der Waals surface area contributed by atoms with Crippen LogP contribution in [0.15, 0.2) is 60.9 Å². The Balaban J connectivity index is 1.24. The van der Waals surface area contributed by atoms with Crippen LogP contribution in [0.25, 0.3) is 21.8 Å². The van der Waals surface area contributed by atoms with Crippen molar-refractivity contribution in [1.82, 2.24) is 19.9 Å². The van der Waals surface area contributed by atoms with E-state index < -0.39 is 0 Å². The highest BCUT2D eigenvalue weighted by atomic mass is 16.5. The molecule has 0 saturated carbocycles. The fourth-order valence-corrected chi connectivity index (χ4v) is 4.24. The molecule has 31 heavy (non-hydrogen) atoms. The van der Waals surface area contributed by atoms with E-state index in [1.165, 1.54) is 33.1 Å². The summed E-state index contributed by atoms with van der Waals surface area (Å²) >= 11 is 0. The third-order valence-electron chi connectivity index (χ3n) is 5.79. The van der Waals surface area contributed by atoms with E-state index in [1.54, 1.807) is 7.11 Å². The summed E-state index contributed by atoms with van der Waals surface area (Å²) in [4.78, 5) is 16.0. The van der Waals surface area contributed by atoms with E-state index in [9.17, 15) is 0 Å². The van der Waals surface area contributed by atoms with E-state index in [2.05, 4.69) is 58.4 Å². The second-order valence-corrected chi connectivity index (χ2v) is 8.09. The molecule has 0 aliphatic rings. The average Bonchev–Trinajstić information content (AvgIpc) is 3.35. The molecule has 0 spiro atoms. The second kappa shape index (κ2) is 8.26. The summed E-state index contributed by atoms with van der Waals surface area (Å²) in [6, 6.07) is 16.9. The van der Waals surface area contributed by atoms with E-state index >= 15 is 0 Å². The largest absolute Gasteiger partial charge is 0.497 e. The summed E-state index contributed by atoms with van der Waals surface area (Å²) in [6.07, 6.45) is 7.67. The van der Waals surface area contributed by atoms with Crippen LogP contribution in [0.1, 0.15) is 34.8 Å². The number of benzene rings is 2. The van der Waals surface area contributed by atoms with Crippen LogP contribution in [0.4, 0.5) is 0 Å². The fraction of sp³-hybridized carbons (Fsp3) is 0.231. The molecule has 0 amide bonds. The van der Waals surface area contributed by atoms with Gasteiger partial charge in [0.05, 0.1) is 7.11 Å². The van der Waals surface area contributed by atoms with Gasteiger partial charge in [0.15, 0.2) is 0 Å². The van der Waals surface area contributed by atoms with Crippen molar-refractivity contribution in [2.45, 2.75) is 32.6 Å². The number of aromatic amines is 2. The molecule has 2 N–H and O–H groups in total. The Kier molecular flexibility index (Phi) is 5.16. The number of hydrogen-bond donors (Lipinski definition) is 2. The number of aromatic nitrogens is 4. The van der Waals surface area contributed by atoms with Gasteiger partial charge < -0.3 is 14.7 Å². The number of aryl methyl sites for hydroxylation is 3. The zero-order chi connectivity index (χ0) is 21.2. The number of rotatable bonds is 7. The van der Waals surface area contributed by atoms with Crippen LogP contribution in [0.5, 0.6) is 5.75 Å². The summed E-state index contributed by atoms with van der Waals surface area (Å²) in [5.41, 5.74) is 7.14. The first-order valence-electron chi connectivity index (χ1n) is 10.7. The topological polar surface area (TPSA) is 66.6 Å². The highest BCUT2D eigenvalue weighted by Gasteiger charge is 2.07. The highest BCUT2D eigenvalue weighted by Crippen LogP contribution is 2.24. The third kappa shape index (κ3) is 4.17. The molecule has 0 saturated heterocycles. The van der Waals surface area contributed by atoms with Gasteiger partial charge in [-0.3, -0.25) is 0 Å². The highest BCUT2D eigenvalue weighted by molar-refractivity contribution is 5.84. The molecule has 5 rings (SSSR count). The van der Waals surface area contributed by atoms with Gasteiger partial charge in [-0.1, -0.05) is 6.07 Å². The van der Waals surface area contributed by atoms with Gasteiger partial charge in [-0.05, 0) is 72.7 Å². The fourth-order valence-electron chi connectivity index (χ4n) is 4.24. The Hall–Kier alpha value is -3.60. The Morgan fingerprint density at radius 3 is 2.81 bits per heavy atom. The molecule has 0 radical (unpaired) electrons. The Morgan fingerprint density at radius 1 is 0.968 bits per heavy atom. The quantitative estimate of drug-likeness (QED) is 0.371. The molecule has 0 fully saturated rings. The van der Waals surface area contributed by atoms with Crippen molar-refractivity contribution in [3.8, 4) is 5.75 Å². The van der Waals surface area contributed by atoms with Crippen molar-refractivity contribution in [3.63, 3.8) is 0 Å². The lowest BCUT2D eigenvalue weighted by Crippen LogP contribution is -2.01. The maximum absolute atomic E-state index is 5.31. The van der Waals surface area contributed by atoms with Crippen molar-refractivity contribution in [1.29, 1.82) is 0 Å². The maximum Gasteiger partial charge on any atom is 0.128 e. The van der Waals surface area contributed by atoms with Gasteiger partial charge in [0.25, 0.3) is 0 Å². The number of hydrogen-bond acceptors (Lipinski definition) is 3. The second-order valence-electron chi connectivity index (χ2n) is 8.09. The molecule has 0 unspecified atom stereocenters. The Bertz CT molecular complexity index is 1350. The first-order valence-corrected chi connectivity index (χ1v) is 10.7. The predicted octanol–water partition coefficient (Wildman–Crippen LogP) is 5.52. The SMILES string of the molecule is COc1ccc2c(CCCc3nccc(Cc4ccc5[nH]c(C)cc5c4)n3)c[nH]c2c1. The molecule has 0 atom stereocenters. The van der Waals surface area contributed by atoms with Gasteiger partial charge in [-0.2, -0.15) is 0 Å². The van der Waals surface area contributed by atoms with Crippen LogP contribution < -0.4 is 4.74 Å². The first kappa shape index (κ1) is 19.4. The van der Waals surface area contributed by atoms with E-state index in [4.69, 9.17) is 9.72 Å². The number of fused-ring (bicyclic) bond motifs is 2. The van der Waals surface area contributed by atoms with Gasteiger partial charge in [0.2, 0.25) is 0 Å². The van der Waals surface area contributed by atoms with Gasteiger partial charge in [-0.25, -0.2) is 9.97 Å². The number of nitrogens with one attached hydrogen (secondary N) is 2. The van der Waals surface area contributed by atoms with Crippen LogP contribution >= 0.6 is 0 Å². The molecule has 0 bridgehead atoms. The molecule has 0 aliphatic heterocycles. The predicted molar refractivity (Wildman–Crippen MR) is 125 cm³/mol. The molecule has 3 aromatic heterocycles. The Labute approximate surface area is 181 Å². The van der Waals surface area contributed by atoms with E-state index in [1.807, 2.05) is 24.4 Å². The summed E-state index contributed by atoms with van der Waals surface area (Å²) in [6.45, 7) is 2.09. The monoisotopic (exact) mass is 410 g/mol. The Morgan fingerprint density at radius 2 is 1.90 bits per heavy atom. The van der Waals surface area contributed by atoms with Gasteiger partial charge in [0.1, 0.15) is 11.6 Å². The lowest BCUT2D eigenvalue weighted by atomic mass is 10.1. The van der Waals surface area contributed by atoms with Gasteiger partial charge in [-0.15, -0.1) is 0 Å². The van der Waals surface area contributed by atoms with E-state index in [0.29, 0.717) is 0 Å². The lowest BCUT2D eigenvalue weighted by molar-refractivity contribution is 0.415. The van der Waals surface area contributed by atoms with Crippen molar-refractivity contribution in [2.24, 2.45) is 0 Å². The minimum absolute atomic E-state index is 0.819. The maximum atomic E-state index is 5.31. The normalized spacial score (nSPS) is 11.4. The molecule has 156 valence electrons. The van der Waals surface area contributed by atoms with E-state index in [-0.39, 0.29) is 0 Å². The number of ether oxygens (including phenoxy) is 1. The number of nitrogens with zero attached hydrogens (tertiary/aromatic N) is 2. The molecule has 5 aromatic rings.